The summed E-state index contributed by atoms with van der Waals surface area (Å²) in [6.07, 6.45) is 5.55. The fourth-order valence-corrected chi connectivity index (χ4v) is 3.48. The van der Waals surface area contributed by atoms with Crippen LogP contribution in [0.25, 0.3) is 0 Å². The van der Waals surface area contributed by atoms with Gasteiger partial charge in [-0.05, 0) is 37.1 Å². The van der Waals surface area contributed by atoms with Crippen LogP contribution in [0.4, 0.5) is 4.39 Å². The van der Waals surface area contributed by atoms with Crippen LogP contribution >= 0.6 is 11.6 Å². The zero-order valence-corrected chi connectivity index (χ0v) is 13.8. The second-order valence-corrected chi connectivity index (χ2v) is 6.28. The number of likely N-dealkylation sites (tertiary alicyclic amines) is 1. The predicted octanol–water partition coefficient (Wildman–Crippen LogP) is 3.97. The highest BCUT2D eigenvalue weighted by molar-refractivity contribution is 6.31. The van der Waals surface area contributed by atoms with E-state index in [-0.39, 0.29) is 17.8 Å². The molecule has 2 aromatic rings. The van der Waals surface area contributed by atoms with Gasteiger partial charge in [0.1, 0.15) is 5.82 Å². The SMILES string of the molecule is Cn1ncc(Cl)c1[C@@H]1CCCCCN1C(=O)c1ccc(F)cc1. The van der Waals surface area contributed by atoms with Crippen molar-refractivity contribution >= 4 is 17.5 Å². The third kappa shape index (κ3) is 3.24. The smallest absolute Gasteiger partial charge is 0.254 e. The van der Waals surface area contributed by atoms with E-state index in [4.69, 9.17) is 11.6 Å². The molecule has 1 amide bonds. The molecule has 1 atom stereocenters. The van der Waals surface area contributed by atoms with Crippen molar-refractivity contribution in [3.8, 4) is 0 Å². The zero-order chi connectivity index (χ0) is 16.4. The van der Waals surface area contributed by atoms with Gasteiger partial charge >= 0.3 is 0 Å². The van der Waals surface area contributed by atoms with Crippen LogP contribution in [-0.4, -0.2) is 27.1 Å². The van der Waals surface area contributed by atoms with E-state index in [1.54, 1.807) is 10.9 Å². The number of carbonyl (C=O) groups is 1. The molecule has 1 aliphatic rings. The molecule has 23 heavy (non-hydrogen) atoms. The number of aromatic nitrogens is 2. The Morgan fingerprint density at radius 3 is 2.65 bits per heavy atom. The van der Waals surface area contributed by atoms with Crippen LogP contribution < -0.4 is 0 Å². The van der Waals surface area contributed by atoms with Crippen molar-refractivity contribution in [3.05, 3.63) is 52.6 Å². The summed E-state index contributed by atoms with van der Waals surface area (Å²) in [4.78, 5) is 14.8. The summed E-state index contributed by atoms with van der Waals surface area (Å²) in [5.41, 5.74) is 1.36. The Labute approximate surface area is 139 Å². The van der Waals surface area contributed by atoms with Crippen molar-refractivity contribution in [2.75, 3.05) is 6.54 Å². The number of carbonyl (C=O) groups excluding carboxylic acids is 1. The first-order valence-corrected chi connectivity index (χ1v) is 8.19. The molecule has 0 aliphatic carbocycles. The van der Waals surface area contributed by atoms with Crippen molar-refractivity contribution in [1.29, 1.82) is 0 Å². The van der Waals surface area contributed by atoms with E-state index in [1.807, 2.05) is 11.9 Å². The lowest BCUT2D eigenvalue weighted by atomic mass is 10.1. The Balaban J connectivity index is 1.96. The Morgan fingerprint density at radius 1 is 1.26 bits per heavy atom. The van der Waals surface area contributed by atoms with Crippen molar-refractivity contribution in [2.24, 2.45) is 7.05 Å². The number of benzene rings is 1. The average Bonchev–Trinajstić information content (AvgIpc) is 2.75. The van der Waals surface area contributed by atoms with E-state index in [2.05, 4.69) is 5.10 Å². The van der Waals surface area contributed by atoms with E-state index in [0.717, 1.165) is 31.4 Å². The third-order valence-corrected chi connectivity index (χ3v) is 4.65. The maximum atomic E-state index is 13.1. The van der Waals surface area contributed by atoms with Crippen LogP contribution in [0, 0.1) is 5.82 Å². The molecule has 1 fully saturated rings. The third-order valence-electron chi connectivity index (χ3n) is 4.36. The normalized spacial score (nSPS) is 18.7. The number of hydrogen-bond donors (Lipinski definition) is 0. The predicted molar refractivity (Wildman–Crippen MR) is 86.9 cm³/mol. The lowest BCUT2D eigenvalue weighted by Gasteiger charge is -2.30. The van der Waals surface area contributed by atoms with Crippen LogP contribution in [0.2, 0.25) is 5.02 Å². The lowest BCUT2D eigenvalue weighted by molar-refractivity contribution is 0.0673. The van der Waals surface area contributed by atoms with Crippen molar-refractivity contribution in [1.82, 2.24) is 14.7 Å². The first-order valence-electron chi connectivity index (χ1n) is 7.82. The highest BCUT2D eigenvalue weighted by Gasteiger charge is 2.31. The van der Waals surface area contributed by atoms with Gasteiger partial charge < -0.3 is 4.90 Å². The molecule has 0 bridgehead atoms. The minimum absolute atomic E-state index is 0.0887. The van der Waals surface area contributed by atoms with E-state index in [0.29, 0.717) is 17.1 Å². The van der Waals surface area contributed by atoms with Crippen LogP contribution in [0.3, 0.4) is 0 Å². The Hall–Kier alpha value is -1.88. The van der Waals surface area contributed by atoms with Gasteiger partial charge in [0.15, 0.2) is 0 Å². The van der Waals surface area contributed by atoms with Gasteiger partial charge in [0, 0.05) is 19.2 Å². The summed E-state index contributed by atoms with van der Waals surface area (Å²) in [5, 5.41) is 4.78. The Morgan fingerprint density at radius 2 is 2.00 bits per heavy atom. The molecule has 1 saturated heterocycles. The standard InChI is InChI=1S/C17H19ClFN3O/c1-21-16(14(18)11-20-21)15-5-3-2-4-10-22(15)17(23)12-6-8-13(19)9-7-12/h6-9,11,15H,2-5,10H2,1H3/t15-/m0/s1. The minimum atomic E-state index is -0.344. The number of rotatable bonds is 2. The van der Waals surface area contributed by atoms with Gasteiger partial charge in [0.05, 0.1) is 23.0 Å². The topological polar surface area (TPSA) is 38.1 Å². The molecule has 0 saturated carbocycles. The van der Waals surface area contributed by atoms with Gasteiger partial charge in [0.2, 0.25) is 0 Å². The van der Waals surface area contributed by atoms with Gasteiger partial charge in [-0.3, -0.25) is 9.48 Å². The van der Waals surface area contributed by atoms with E-state index in [9.17, 15) is 9.18 Å². The number of nitrogens with zero attached hydrogens (tertiary/aromatic N) is 3. The molecule has 4 nitrogen and oxygen atoms in total. The van der Waals surface area contributed by atoms with Gasteiger partial charge in [-0.15, -0.1) is 0 Å². The maximum absolute atomic E-state index is 13.1. The molecule has 1 aliphatic heterocycles. The van der Waals surface area contributed by atoms with Crippen LogP contribution in [0.5, 0.6) is 0 Å². The number of aryl methyl sites for hydroxylation is 1. The molecule has 2 heterocycles. The minimum Gasteiger partial charge on any atom is -0.330 e. The van der Waals surface area contributed by atoms with E-state index < -0.39 is 0 Å². The maximum Gasteiger partial charge on any atom is 0.254 e. The molecule has 0 spiro atoms. The molecular weight excluding hydrogens is 317 g/mol. The molecule has 6 heteroatoms. The van der Waals surface area contributed by atoms with Crippen LogP contribution in [0.1, 0.15) is 47.8 Å². The highest BCUT2D eigenvalue weighted by atomic mass is 35.5. The summed E-state index contributed by atoms with van der Waals surface area (Å²) in [5.74, 6) is -0.433. The first-order chi connectivity index (χ1) is 11.1. The van der Waals surface area contributed by atoms with Crippen LogP contribution in [-0.2, 0) is 7.05 Å². The molecule has 0 N–H and O–H groups in total. The Kier molecular flexibility index (Phi) is 4.66. The van der Waals surface area contributed by atoms with Gasteiger partial charge in [-0.1, -0.05) is 24.4 Å². The summed E-state index contributed by atoms with van der Waals surface area (Å²) in [7, 11) is 1.84. The molecule has 0 unspecified atom stereocenters. The van der Waals surface area contributed by atoms with E-state index >= 15 is 0 Å². The first kappa shape index (κ1) is 16.0. The fraction of sp³-hybridized carbons (Fsp3) is 0.412. The molecule has 1 aromatic heterocycles. The molecular formula is C17H19ClFN3O. The van der Waals surface area contributed by atoms with Gasteiger partial charge in [0.25, 0.3) is 5.91 Å². The number of halogens is 2. The highest BCUT2D eigenvalue weighted by Crippen LogP contribution is 2.34. The zero-order valence-electron chi connectivity index (χ0n) is 13.0. The Bertz CT molecular complexity index is 679. The average molecular weight is 336 g/mol. The summed E-state index contributed by atoms with van der Waals surface area (Å²) < 4.78 is 14.8. The van der Waals surface area contributed by atoms with Crippen molar-refractivity contribution < 1.29 is 9.18 Å². The number of amides is 1. The van der Waals surface area contributed by atoms with Gasteiger partial charge in [-0.2, -0.15) is 5.10 Å². The quantitative estimate of drug-likeness (QED) is 0.832. The largest absolute Gasteiger partial charge is 0.330 e. The summed E-state index contributed by atoms with van der Waals surface area (Å²) in [6.45, 7) is 0.669. The van der Waals surface area contributed by atoms with Crippen LogP contribution in [0.15, 0.2) is 30.5 Å². The second kappa shape index (κ2) is 6.71. The molecule has 0 radical (unpaired) electrons. The molecule has 1 aromatic carbocycles. The second-order valence-electron chi connectivity index (χ2n) is 5.87. The van der Waals surface area contributed by atoms with Crippen molar-refractivity contribution in [3.63, 3.8) is 0 Å². The summed E-state index contributed by atoms with van der Waals surface area (Å²) in [6, 6.07) is 5.60. The van der Waals surface area contributed by atoms with Crippen molar-refractivity contribution in [2.45, 2.75) is 31.7 Å². The molecule has 122 valence electrons. The van der Waals surface area contributed by atoms with E-state index in [1.165, 1.54) is 24.3 Å². The fourth-order valence-electron chi connectivity index (χ4n) is 3.19. The summed E-state index contributed by atoms with van der Waals surface area (Å²) >= 11 is 6.30. The lowest BCUT2D eigenvalue weighted by Crippen LogP contribution is -2.35. The monoisotopic (exact) mass is 335 g/mol. The van der Waals surface area contributed by atoms with Gasteiger partial charge in [-0.25, -0.2) is 4.39 Å². The number of hydrogen-bond acceptors (Lipinski definition) is 2. The molecule has 3 rings (SSSR count).